The zero-order valence-corrected chi connectivity index (χ0v) is 11.2. The van der Waals surface area contributed by atoms with Crippen LogP contribution in [-0.4, -0.2) is 26.9 Å². The second-order valence-electron chi connectivity index (χ2n) is 2.77. The van der Waals surface area contributed by atoms with E-state index in [1.54, 1.807) is 22.5 Å². The quantitative estimate of drug-likeness (QED) is 0.277. The number of hydrogen-bond donors (Lipinski definition) is 0. The first-order valence-electron chi connectivity index (χ1n) is 4.29. The van der Waals surface area contributed by atoms with Gasteiger partial charge in [0.1, 0.15) is 0 Å². The Bertz CT molecular complexity index is 411. The van der Waals surface area contributed by atoms with Crippen LogP contribution < -0.4 is 0 Å². The van der Waals surface area contributed by atoms with Crippen molar-refractivity contribution in [3.63, 3.8) is 0 Å². The van der Waals surface area contributed by atoms with E-state index >= 15 is 0 Å². The lowest BCUT2D eigenvalue weighted by atomic mass is 10.3. The molecule has 0 atom stereocenters. The first kappa shape index (κ1) is 13.3. The molecule has 0 heterocycles. The summed E-state index contributed by atoms with van der Waals surface area (Å²) in [5.74, 6) is 0. The third kappa shape index (κ3) is 3.36. The van der Waals surface area contributed by atoms with Gasteiger partial charge in [-0.15, -0.1) is 0 Å². The van der Waals surface area contributed by atoms with Crippen LogP contribution in [0.25, 0.3) is 0 Å². The molecule has 0 aliphatic heterocycles. The topological polar surface area (TPSA) is 46.4 Å². The molecule has 1 aromatic rings. The van der Waals surface area contributed by atoms with Gasteiger partial charge in [-0.05, 0) is 6.07 Å². The number of hydrogen-bond acceptors (Lipinski definition) is 5. The lowest BCUT2D eigenvalue weighted by molar-refractivity contribution is -0.387. The van der Waals surface area contributed by atoms with Crippen molar-refractivity contribution >= 4 is 45.9 Å². The van der Waals surface area contributed by atoms with Crippen LogP contribution in [0, 0.1) is 10.1 Å². The molecule has 16 heavy (non-hydrogen) atoms. The summed E-state index contributed by atoms with van der Waals surface area (Å²) in [6, 6.07) is 6.58. The highest BCUT2D eigenvalue weighted by Crippen LogP contribution is 2.31. The maximum atomic E-state index is 10.8. The summed E-state index contributed by atoms with van der Waals surface area (Å²) < 4.78 is 2.39. The number of nitrogens with zero attached hydrogens (tertiary/aromatic N) is 2. The minimum atomic E-state index is -0.399. The average molecular weight is 274 g/mol. The smallest absolute Gasteiger partial charge is 0.283 e. The van der Waals surface area contributed by atoms with Crippen LogP contribution in [0.4, 0.5) is 5.69 Å². The normalized spacial score (nSPS) is 9.88. The molecule has 1 rings (SSSR count). The molecule has 4 nitrogen and oxygen atoms in total. The third-order valence-corrected chi connectivity index (χ3v) is 4.29. The average Bonchev–Trinajstić information content (AvgIpc) is 2.28. The molecule has 0 saturated carbocycles. The number of thioether (sulfide) groups is 1. The monoisotopic (exact) mass is 274 g/mol. The van der Waals surface area contributed by atoms with E-state index in [2.05, 4.69) is 0 Å². The van der Waals surface area contributed by atoms with E-state index in [0.29, 0.717) is 9.22 Å². The standard InChI is InChI=1S/C9H10N2O2S3/c1-10(15-2)9(14)16-8-6-4-3-5-7(8)11(12)13/h3-6H,1-2H3. The molecule has 0 spiro atoms. The van der Waals surface area contributed by atoms with Crippen LogP contribution in [0.5, 0.6) is 0 Å². The van der Waals surface area contributed by atoms with E-state index in [9.17, 15) is 10.1 Å². The van der Waals surface area contributed by atoms with Crippen molar-refractivity contribution < 1.29 is 4.92 Å². The lowest BCUT2D eigenvalue weighted by Crippen LogP contribution is -2.12. The molecule has 1 aromatic carbocycles. The number of nitro groups is 1. The predicted molar refractivity (Wildman–Crippen MR) is 72.8 cm³/mol. The Hall–Kier alpha value is -0.790. The molecule has 0 bridgehead atoms. The highest BCUT2D eigenvalue weighted by molar-refractivity contribution is 8.24. The number of benzene rings is 1. The molecular weight excluding hydrogens is 264 g/mol. The Morgan fingerprint density at radius 3 is 2.69 bits per heavy atom. The molecule has 7 heteroatoms. The van der Waals surface area contributed by atoms with Gasteiger partial charge >= 0.3 is 0 Å². The second kappa shape index (κ2) is 6.07. The molecule has 0 aromatic heterocycles. The van der Waals surface area contributed by atoms with E-state index in [1.807, 2.05) is 13.3 Å². The van der Waals surface area contributed by atoms with Crippen LogP contribution in [0.15, 0.2) is 29.2 Å². The van der Waals surface area contributed by atoms with Crippen molar-refractivity contribution in [2.24, 2.45) is 0 Å². The molecule has 0 radical (unpaired) electrons. The van der Waals surface area contributed by atoms with E-state index in [4.69, 9.17) is 12.2 Å². The van der Waals surface area contributed by atoms with E-state index < -0.39 is 4.92 Å². The van der Waals surface area contributed by atoms with Crippen LogP contribution >= 0.6 is 35.9 Å². The van der Waals surface area contributed by atoms with Gasteiger partial charge in [-0.1, -0.05) is 48.1 Å². The molecule has 0 aliphatic carbocycles. The molecule has 0 fully saturated rings. The van der Waals surface area contributed by atoms with Gasteiger partial charge in [-0.3, -0.25) is 10.1 Å². The summed E-state index contributed by atoms with van der Waals surface area (Å²) in [6.45, 7) is 0. The third-order valence-electron chi connectivity index (χ3n) is 1.79. The Morgan fingerprint density at radius 2 is 2.12 bits per heavy atom. The van der Waals surface area contributed by atoms with Gasteiger partial charge in [0, 0.05) is 19.4 Å². The minimum Gasteiger partial charge on any atom is -0.305 e. The molecule has 0 aliphatic rings. The summed E-state index contributed by atoms with van der Waals surface area (Å²) >= 11 is 7.84. The van der Waals surface area contributed by atoms with Crippen molar-refractivity contribution in [3.8, 4) is 0 Å². The summed E-state index contributed by atoms with van der Waals surface area (Å²) in [7, 11) is 1.83. The zero-order chi connectivity index (χ0) is 12.1. The largest absolute Gasteiger partial charge is 0.305 e. The van der Waals surface area contributed by atoms with Gasteiger partial charge in [0.15, 0.2) is 4.32 Å². The van der Waals surface area contributed by atoms with E-state index in [-0.39, 0.29) is 5.69 Å². The Morgan fingerprint density at radius 1 is 1.50 bits per heavy atom. The number of rotatable bonds is 3. The Balaban J connectivity index is 2.89. The summed E-state index contributed by atoms with van der Waals surface area (Å²) in [5, 5.41) is 10.8. The second-order valence-corrected chi connectivity index (χ2v) is 5.36. The van der Waals surface area contributed by atoms with Crippen LogP contribution in [0.3, 0.4) is 0 Å². The number of thiocarbonyl (C=S) groups is 1. The van der Waals surface area contributed by atoms with Crippen molar-refractivity contribution in [3.05, 3.63) is 34.4 Å². The highest BCUT2D eigenvalue weighted by atomic mass is 32.2. The van der Waals surface area contributed by atoms with Crippen LogP contribution in [-0.2, 0) is 0 Å². The van der Waals surface area contributed by atoms with Gasteiger partial charge in [0.2, 0.25) is 0 Å². The summed E-state index contributed by atoms with van der Waals surface area (Å²) in [6.07, 6.45) is 1.90. The Kier molecular flexibility index (Phi) is 5.04. The fourth-order valence-electron chi connectivity index (χ4n) is 0.927. The minimum absolute atomic E-state index is 0.0874. The fourth-order valence-corrected chi connectivity index (χ4v) is 2.62. The molecule has 0 N–H and O–H groups in total. The summed E-state index contributed by atoms with van der Waals surface area (Å²) in [5.41, 5.74) is 0.0874. The van der Waals surface area contributed by atoms with Crippen molar-refractivity contribution in [1.29, 1.82) is 0 Å². The first-order valence-corrected chi connectivity index (χ1v) is 6.70. The zero-order valence-electron chi connectivity index (χ0n) is 8.75. The van der Waals surface area contributed by atoms with Gasteiger partial charge in [0.25, 0.3) is 5.69 Å². The van der Waals surface area contributed by atoms with Crippen molar-refractivity contribution in [1.82, 2.24) is 4.31 Å². The van der Waals surface area contributed by atoms with Gasteiger partial charge < -0.3 is 4.31 Å². The Labute approximate surface area is 108 Å². The van der Waals surface area contributed by atoms with Gasteiger partial charge in [0.05, 0.1) is 9.82 Å². The number of nitro benzene ring substituents is 1. The molecular formula is C9H10N2O2S3. The van der Waals surface area contributed by atoms with Crippen LogP contribution in [0.1, 0.15) is 0 Å². The summed E-state index contributed by atoms with van der Waals surface area (Å²) in [4.78, 5) is 10.9. The maximum Gasteiger partial charge on any atom is 0.283 e. The maximum absolute atomic E-state index is 10.8. The molecule has 0 saturated heterocycles. The van der Waals surface area contributed by atoms with Crippen LogP contribution in [0.2, 0.25) is 0 Å². The lowest BCUT2D eigenvalue weighted by Gasteiger charge is -2.14. The molecule has 0 amide bonds. The predicted octanol–water partition coefficient (Wildman–Crippen LogP) is 3.18. The number of para-hydroxylation sites is 1. The van der Waals surface area contributed by atoms with E-state index in [0.717, 1.165) is 0 Å². The molecule has 0 unspecified atom stereocenters. The van der Waals surface area contributed by atoms with Crippen molar-refractivity contribution in [2.75, 3.05) is 13.3 Å². The fraction of sp³-hybridized carbons (Fsp3) is 0.222. The highest BCUT2D eigenvalue weighted by Gasteiger charge is 2.15. The SMILES string of the molecule is CSN(C)C(=S)Sc1ccccc1[N+](=O)[O-]. The first-order chi connectivity index (χ1) is 7.56. The van der Waals surface area contributed by atoms with Crippen molar-refractivity contribution in [2.45, 2.75) is 4.90 Å². The van der Waals surface area contributed by atoms with Gasteiger partial charge in [-0.25, -0.2) is 0 Å². The van der Waals surface area contributed by atoms with Gasteiger partial charge in [-0.2, -0.15) is 0 Å². The van der Waals surface area contributed by atoms with E-state index in [1.165, 1.54) is 29.8 Å². The molecule has 86 valence electrons.